The van der Waals surface area contributed by atoms with Crippen LogP contribution in [0, 0.1) is 12.8 Å². The van der Waals surface area contributed by atoms with E-state index in [1.807, 2.05) is 6.92 Å². The third-order valence-electron chi connectivity index (χ3n) is 4.08. The molecule has 0 unspecified atom stereocenters. The van der Waals surface area contributed by atoms with Gasteiger partial charge in [0.05, 0.1) is 10.4 Å². The summed E-state index contributed by atoms with van der Waals surface area (Å²) in [5.41, 5.74) is 0.286. The fourth-order valence-corrected chi connectivity index (χ4v) is 4.65. The normalized spacial score (nSPS) is 31.1. The van der Waals surface area contributed by atoms with Crippen LogP contribution in [-0.2, 0) is 14.8 Å². The molecule has 0 bridgehead atoms. The SMILES string of the molecule is Cc1ccc(S(=O)(=O)N2CC[C@@H]3C[C@@]32C=O)cc1. The third kappa shape index (κ3) is 1.47. The van der Waals surface area contributed by atoms with Crippen molar-refractivity contribution in [1.29, 1.82) is 0 Å². The smallest absolute Gasteiger partial charge is 0.243 e. The predicted molar refractivity (Wildman–Crippen MR) is 66.6 cm³/mol. The largest absolute Gasteiger partial charge is 0.301 e. The molecule has 1 aliphatic heterocycles. The number of benzene rings is 1. The minimum absolute atomic E-state index is 0.232. The summed E-state index contributed by atoms with van der Waals surface area (Å²) in [5.74, 6) is 0.232. The zero-order valence-corrected chi connectivity index (χ0v) is 11.0. The molecule has 2 fully saturated rings. The number of rotatable bonds is 3. The quantitative estimate of drug-likeness (QED) is 0.775. The summed E-state index contributed by atoms with van der Waals surface area (Å²) in [4.78, 5) is 11.5. The van der Waals surface area contributed by atoms with Gasteiger partial charge in [0, 0.05) is 6.54 Å². The number of hydrogen-bond acceptors (Lipinski definition) is 3. The standard InChI is InChI=1S/C13H15NO3S/c1-10-2-4-12(5-3-10)18(16,17)14-7-6-11-8-13(11,14)9-15/h2-5,9,11H,6-8H2,1H3/t11-,13-/m1/s1. The molecule has 2 aliphatic rings. The zero-order chi connectivity index (χ0) is 13.0. The summed E-state index contributed by atoms with van der Waals surface area (Å²) in [5, 5.41) is 0. The van der Waals surface area contributed by atoms with Gasteiger partial charge in [-0.3, -0.25) is 0 Å². The summed E-state index contributed by atoms with van der Waals surface area (Å²) in [6, 6.07) is 6.78. The summed E-state index contributed by atoms with van der Waals surface area (Å²) in [7, 11) is -3.53. The lowest BCUT2D eigenvalue weighted by molar-refractivity contribution is -0.111. The molecule has 1 aromatic rings. The number of carbonyl (C=O) groups excluding carboxylic acids is 1. The first-order valence-electron chi connectivity index (χ1n) is 6.06. The highest BCUT2D eigenvalue weighted by Gasteiger charge is 2.65. The molecule has 96 valence electrons. The van der Waals surface area contributed by atoms with Crippen molar-refractivity contribution in [3.8, 4) is 0 Å². The van der Waals surface area contributed by atoms with E-state index in [9.17, 15) is 13.2 Å². The van der Waals surface area contributed by atoms with Crippen molar-refractivity contribution in [3.63, 3.8) is 0 Å². The Morgan fingerprint density at radius 3 is 2.56 bits per heavy atom. The number of hydrogen-bond donors (Lipinski definition) is 0. The summed E-state index contributed by atoms with van der Waals surface area (Å²) in [6.07, 6.45) is 2.29. The van der Waals surface area contributed by atoms with Crippen molar-refractivity contribution in [2.45, 2.75) is 30.2 Å². The molecule has 0 N–H and O–H groups in total. The Kier molecular flexibility index (Phi) is 2.40. The van der Waals surface area contributed by atoms with Gasteiger partial charge in [-0.05, 0) is 37.8 Å². The lowest BCUT2D eigenvalue weighted by Gasteiger charge is -2.23. The first kappa shape index (κ1) is 11.9. The minimum Gasteiger partial charge on any atom is -0.301 e. The van der Waals surface area contributed by atoms with Crippen LogP contribution in [0.4, 0.5) is 0 Å². The Balaban J connectivity index is 2.01. The van der Waals surface area contributed by atoms with Gasteiger partial charge in [-0.2, -0.15) is 4.31 Å². The van der Waals surface area contributed by atoms with Gasteiger partial charge in [0.2, 0.25) is 10.0 Å². The zero-order valence-electron chi connectivity index (χ0n) is 10.2. The second-order valence-corrected chi connectivity index (χ2v) is 7.05. The molecule has 5 heteroatoms. The molecule has 1 saturated carbocycles. The van der Waals surface area contributed by atoms with Gasteiger partial charge in [0.1, 0.15) is 6.29 Å². The lowest BCUT2D eigenvalue weighted by Crippen LogP contribution is -2.40. The molecule has 1 heterocycles. The summed E-state index contributed by atoms with van der Waals surface area (Å²) < 4.78 is 26.4. The lowest BCUT2D eigenvalue weighted by atomic mass is 10.2. The van der Waals surface area contributed by atoms with Crippen LogP contribution in [0.2, 0.25) is 0 Å². The van der Waals surface area contributed by atoms with Gasteiger partial charge >= 0.3 is 0 Å². The Labute approximate surface area is 107 Å². The van der Waals surface area contributed by atoms with E-state index in [4.69, 9.17) is 0 Å². The second-order valence-electron chi connectivity index (χ2n) is 5.19. The first-order chi connectivity index (χ1) is 8.50. The van der Waals surface area contributed by atoms with Crippen LogP contribution in [0.5, 0.6) is 0 Å². The van der Waals surface area contributed by atoms with Crippen molar-refractivity contribution >= 4 is 16.3 Å². The Morgan fingerprint density at radius 1 is 1.33 bits per heavy atom. The van der Waals surface area contributed by atoms with Crippen molar-refractivity contribution in [2.24, 2.45) is 5.92 Å². The molecular weight excluding hydrogens is 250 g/mol. The molecular formula is C13H15NO3S. The molecule has 0 radical (unpaired) electrons. The first-order valence-corrected chi connectivity index (χ1v) is 7.50. The van der Waals surface area contributed by atoms with Gasteiger partial charge in [-0.15, -0.1) is 0 Å². The molecule has 1 aliphatic carbocycles. The van der Waals surface area contributed by atoms with Crippen molar-refractivity contribution < 1.29 is 13.2 Å². The number of aryl methyl sites for hydroxylation is 1. The molecule has 2 atom stereocenters. The number of aldehydes is 1. The maximum absolute atomic E-state index is 12.5. The molecule has 1 saturated heterocycles. The van der Waals surface area contributed by atoms with Gasteiger partial charge in [0.15, 0.2) is 0 Å². The Bertz CT molecular complexity index is 593. The van der Waals surface area contributed by atoms with Crippen molar-refractivity contribution in [1.82, 2.24) is 4.31 Å². The van der Waals surface area contributed by atoms with Crippen LogP contribution < -0.4 is 0 Å². The molecule has 0 aromatic heterocycles. The van der Waals surface area contributed by atoms with Crippen LogP contribution >= 0.6 is 0 Å². The van der Waals surface area contributed by atoms with Gasteiger partial charge in [-0.1, -0.05) is 17.7 Å². The van der Waals surface area contributed by atoms with E-state index in [0.29, 0.717) is 13.0 Å². The van der Waals surface area contributed by atoms with E-state index in [2.05, 4.69) is 0 Å². The molecule has 4 nitrogen and oxygen atoms in total. The van der Waals surface area contributed by atoms with E-state index < -0.39 is 15.6 Å². The third-order valence-corrected chi connectivity index (χ3v) is 6.05. The number of nitrogens with zero attached hydrogens (tertiary/aromatic N) is 1. The van der Waals surface area contributed by atoms with E-state index in [1.54, 1.807) is 24.3 Å². The van der Waals surface area contributed by atoms with Crippen molar-refractivity contribution in [2.75, 3.05) is 6.54 Å². The maximum atomic E-state index is 12.5. The van der Waals surface area contributed by atoms with E-state index in [1.165, 1.54) is 4.31 Å². The maximum Gasteiger partial charge on any atom is 0.243 e. The highest BCUT2D eigenvalue weighted by atomic mass is 32.2. The predicted octanol–water partition coefficient (Wildman–Crippen LogP) is 1.35. The van der Waals surface area contributed by atoms with E-state index in [0.717, 1.165) is 18.3 Å². The number of piperidine rings is 1. The van der Waals surface area contributed by atoms with Crippen LogP contribution in [-0.4, -0.2) is 31.1 Å². The van der Waals surface area contributed by atoms with Crippen molar-refractivity contribution in [3.05, 3.63) is 29.8 Å². The highest BCUT2D eigenvalue weighted by molar-refractivity contribution is 7.89. The number of carbonyl (C=O) groups is 1. The average molecular weight is 265 g/mol. The van der Waals surface area contributed by atoms with Gasteiger partial charge < -0.3 is 4.79 Å². The number of sulfonamides is 1. The molecule has 0 amide bonds. The Hall–Kier alpha value is -1.20. The second kappa shape index (κ2) is 3.65. The fourth-order valence-electron chi connectivity index (χ4n) is 2.86. The molecule has 1 aromatic carbocycles. The summed E-state index contributed by atoms with van der Waals surface area (Å²) in [6.45, 7) is 2.37. The van der Waals surface area contributed by atoms with Gasteiger partial charge in [0.25, 0.3) is 0 Å². The van der Waals surface area contributed by atoms with Crippen LogP contribution in [0.25, 0.3) is 0 Å². The monoisotopic (exact) mass is 265 g/mol. The average Bonchev–Trinajstić information content (AvgIpc) is 2.95. The highest BCUT2D eigenvalue weighted by Crippen LogP contribution is 2.55. The van der Waals surface area contributed by atoms with Crippen LogP contribution in [0.3, 0.4) is 0 Å². The number of fused-ring (bicyclic) bond motifs is 1. The molecule has 0 spiro atoms. The minimum atomic E-state index is -3.53. The fraction of sp³-hybridized carbons (Fsp3) is 0.462. The Morgan fingerprint density at radius 2 is 2.00 bits per heavy atom. The topological polar surface area (TPSA) is 54.5 Å². The van der Waals surface area contributed by atoms with Crippen LogP contribution in [0.15, 0.2) is 29.2 Å². The van der Waals surface area contributed by atoms with Gasteiger partial charge in [-0.25, -0.2) is 8.42 Å². The summed E-state index contributed by atoms with van der Waals surface area (Å²) >= 11 is 0. The van der Waals surface area contributed by atoms with E-state index >= 15 is 0 Å². The molecule has 18 heavy (non-hydrogen) atoms. The molecule has 3 rings (SSSR count). The van der Waals surface area contributed by atoms with E-state index in [-0.39, 0.29) is 10.8 Å². The van der Waals surface area contributed by atoms with Crippen LogP contribution in [0.1, 0.15) is 18.4 Å².